The number of fused-ring (bicyclic) bond motifs is 3. The summed E-state index contributed by atoms with van der Waals surface area (Å²) < 4.78 is 2.33. The molecule has 0 aliphatic heterocycles. The lowest BCUT2D eigenvalue weighted by molar-refractivity contribution is 0.590. The van der Waals surface area contributed by atoms with Crippen LogP contribution in [-0.2, 0) is 10.8 Å². The van der Waals surface area contributed by atoms with E-state index in [0.717, 1.165) is 44.7 Å². The second kappa shape index (κ2) is 12.7. The van der Waals surface area contributed by atoms with Gasteiger partial charge in [0, 0.05) is 27.7 Å². The van der Waals surface area contributed by atoms with Crippen molar-refractivity contribution in [2.45, 2.75) is 59.3 Å². The van der Waals surface area contributed by atoms with Crippen LogP contribution in [0.2, 0.25) is 0 Å². The lowest BCUT2D eigenvalue weighted by Gasteiger charge is -2.19. The van der Waals surface area contributed by atoms with Gasteiger partial charge in [-0.15, -0.1) is 0 Å². The van der Waals surface area contributed by atoms with Crippen molar-refractivity contribution in [3.63, 3.8) is 0 Å². The molecular weight excluding hydrogens is 583 g/mol. The Morgan fingerprint density at radius 2 is 1.10 bits per heavy atom. The topological polar surface area (TPSA) is 29.6 Å². The molecule has 0 spiro atoms. The number of amidine groups is 1. The van der Waals surface area contributed by atoms with Gasteiger partial charge < -0.3 is 4.57 Å². The van der Waals surface area contributed by atoms with E-state index in [0.29, 0.717) is 11.5 Å². The van der Waals surface area contributed by atoms with Crippen molar-refractivity contribution in [3.8, 4) is 5.69 Å². The van der Waals surface area contributed by atoms with E-state index in [2.05, 4.69) is 181 Å². The molecule has 0 saturated carbocycles. The molecule has 6 rings (SSSR count). The highest BCUT2D eigenvalue weighted by Gasteiger charge is 2.17. The van der Waals surface area contributed by atoms with Gasteiger partial charge in [0.25, 0.3) is 0 Å². The third-order valence-corrected chi connectivity index (χ3v) is 9.04. The molecule has 3 heteroatoms. The van der Waals surface area contributed by atoms with Gasteiger partial charge in [0.05, 0.1) is 16.7 Å². The van der Waals surface area contributed by atoms with Gasteiger partial charge in [-0.3, -0.25) is 0 Å². The highest BCUT2D eigenvalue weighted by atomic mass is 15.0. The van der Waals surface area contributed by atoms with Crippen molar-refractivity contribution in [2.75, 3.05) is 0 Å². The van der Waals surface area contributed by atoms with E-state index >= 15 is 0 Å². The van der Waals surface area contributed by atoms with Crippen molar-refractivity contribution in [3.05, 3.63) is 162 Å². The third kappa shape index (κ3) is 6.59. The maximum Gasteiger partial charge on any atom is 0.160 e. The Morgan fingerprint density at radius 3 is 1.60 bits per heavy atom. The van der Waals surface area contributed by atoms with E-state index in [1.165, 1.54) is 21.9 Å². The summed E-state index contributed by atoms with van der Waals surface area (Å²) in [5.74, 6) is 0.625. The largest absolute Gasteiger partial charge is 0.309 e. The van der Waals surface area contributed by atoms with Gasteiger partial charge >= 0.3 is 0 Å². The molecule has 5 aromatic carbocycles. The summed E-state index contributed by atoms with van der Waals surface area (Å²) in [5, 5.41) is 2.46. The predicted octanol–water partition coefficient (Wildman–Crippen LogP) is 11.9. The first-order valence-electron chi connectivity index (χ1n) is 16.6. The van der Waals surface area contributed by atoms with Gasteiger partial charge in [-0.25, -0.2) is 9.98 Å². The van der Waals surface area contributed by atoms with Crippen LogP contribution in [0.25, 0.3) is 39.3 Å². The molecule has 3 nitrogen and oxygen atoms in total. The van der Waals surface area contributed by atoms with Crippen molar-refractivity contribution < 1.29 is 0 Å². The van der Waals surface area contributed by atoms with Gasteiger partial charge in [0.15, 0.2) is 5.84 Å². The number of rotatable bonds is 6. The zero-order chi connectivity index (χ0) is 34.2. The Kier molecular flexibility index (Phi) is 8.66. The average molecular weight is 628 g/mol. The van der Waals surface area contributed by atoms with Crippen molar-refractivity contribution >= 4 is 45.1 Å². The minimum atomic E-state index is 0.0434. The molecule has 48 heavy (non-hydrogen) atoms. The van der Waals surface area contributed by atoms with Crippen LogP contribution in [-0.4, -0.2) is 16.1 Å². The summed E-state index contributed by atoms with van der Waals surface area (Å²) in [5.41, 5.74) is 11.5. The normalized spacial score (nSPS) is 12.9. The summed E-state index contributed by atoms with van der Waals surface area (Å²) >= 11 is 0. The molecular formula is C45H45N3. The molecule has 0 unspecified atom stereocenters. The molecule has 0 bridgehead atoms. The van der Waals surface area contributed by atoms with Crippen molar-refractivity contribution in [1.29, 1.82) is 0 Å². The monoisotopic (exact) mass is 627 g/mol. The molecule has 1 heterocycles. The summed E-state index contributed by atoms with van der Waals surface area (Å²) in [7, 11) is 0. The molecule has 0 atom stereocenters. The first-order valence-corrected chi connectivity index (χ1v) is 16.6. The standard InChI is InChI=1S/C45H45N3/c1-10-32-27-35(29-38(28-32)48-41-17-13-11-15-39(41)40-16-12-14-18-42(40)48)31(3)47-43(34-21-25-37(26-22-34)45(7,8)9)46-30(2)33-19-23-36(24-20-33)44(4,5)6/h10-29H,1-2H2,3-9H3. The first-order chi connectivity index (χ1) is 22.8. The van der Waals surface area contributed by atoms with Gasteiger partial charge in [-0.1, -0.05) is 146 Å². The highest BCUT2D eigenvalue weighted by molar-refractivity contribution is 6.13. The molecule has 240 valence electrons. The average Bonchev–Trinajstić information content (AvgIpc) is 3.41. The van der Waals surface area contributed by atoms with E-state index in [1.54, 1.807) is 0 Å². The fourth-order valence-corrected chi connectivity index (χ4v) is 6.14. The van der Waals surface area contributed by atoms with Crippen LogP contribution in [0.15, 0.2) is 138 Å². The van der Waals surface area contributed by atoms with E-state index in [9.17, 15) is 0 Å². The van der Waals surface area contributed by atoms with Gasteiger partial charge in [-0.2, -0.15) is 0 Å². The number of hydrogen-bond acceptors (Lipinski definition) is 1. The zero-order valence-electron chi connectivity index (χ0n) is 29.3. The van der Waals surface area contributed by atoms with Crippen LogP contribution in [0.4, 0.5) is 0 Å². The van der Waals surface area contributed by atoms with Crippen molar-refractivity contribution in [1.82, 2.24) is 4.57 Å². The summed E-state index contributed by atoms with van der Waals surface area (Å²) in [6, 6.07) is 40.8. The lowest BCUT2D eigenvalue weighted by atomic mass is 9.86. The van der Waals surface area contributed by atoms with Crippen LogP contribution in [0.3, 0.4) is 0 Å². The van der Waals surface area contributed by atoms with Gasteiger partial charge in [-0.05, 0) is 75.9 Å². The number of nitrogens with zero attached hydrogens (tertiary/aromatic N) is 3. The van der Waals surface area contributed by atoms with E-state index in [1.807, 2.05) is 6.08 Å². The zero-order valence-corrected chi connectivity index (χ0v) is 29.3. The number of aliphatic imine (C=N–C) groups is 2. The Labute approximate surface area is 285 Å². The Bertz CT molecular complexity index is 2150. The molecule has 0 saturated heterocycles. The van der Waals surface area contributed by atoms with E-state index < -0.39 is 0 Å². The number of para-hydroxylation sites is 2. The fraction of sp³-hybridized carbons (Fsp3) is 0.200. The Morgan fingerprint density at radius 1 is 0.604 bits per heavy atom. The minimum absolute atomic E-state index is 0.0434. The van der Waals surface area contributed by atoms with Crippen LogP contribution < -0.4 is 0 Å². The lowest BCUT2D eigenvalue weighted by Crippen LogP contribution is -2.11. The third-order valence-electron chi connectivity index (χ3n) is 9.04. The summed E-state index contributed by atoms with van der Waals surface area (Å²) in [6.45, 7) is 23.9. The molecule has 0 amide bonds. The van der Waals surface area contributed by atoms with Crippen LogP contribution in [0.1, 0.15) is 81.8 Å². The van der Waals surface area contributed by atoms with Gasteiger partial charge in [0.2, 0.25) is 0 Å². The first kappa shape index (κ1) is 32.7. The summed E-state index contributed by atoms with van der Waals surface area (Å²) in [4.78, 5) is 10.3. The minimum Gasteiger partial charge on any atom is -0.309 e. The van der Waals surface area contributed by atoms with Crippen LogP contribution >= 0.6 is 0 Å². The molecule has 6 aromatic rings. The number of aromatic nitrogens is 1. The fourth-order valence-electron chi connectivity index (χ4n) is 6.14. The van der Waals surface area contributed by atoms with Crippen molar-refractivity contribution in [2.24, 2.45) is 9.98 Å². The highest BCUT2D eigenvalue weighted by Crippen LogP contribution is 2.33. The Balaban J connectivity index is 1.48. The maximum absolute atomic E-state index is 5.22. The smallest absolute Gasteiger partial charge is 0.160 e. The maximum atomic E-state index is 5.22. The molecule has 1 aromatic heterocycles. The van der Waals surface area contributed by atoms with E-state index in [4.69, 9.17) is 9.98 Å². The number of benzene rings is 5. The molecule has 0 N–H and O–H groups in total. The second-order valence-electron chi connectivity index (χ2n) is 14.6. The second-order valence-corrected chi connectivity index (χ2v) is 14.6. The van der Waals surface area contributed by atoms with E-state index in [-0.39, 0.29) is 10.8 Å². The molecule has 0 aliphatic rings. The van der Waals surface area contributed by atoms with Gasteiger partial charge in [0.1, 0.15) is 0 Å². The summed E-state index contributed by atoms with van der Waals surface area (Å²) in [6.07, 6.45) is 1.90. The molecule has 0 radical (unpaired) electrons. The Hall–Kier alpha value is -5.28. The van der Waals surface area contributed by atoms with Crippen LogP contribution in [0, 0.1) is 0 Å². The quantitative estimate of drug-likeness (QED) is 0.130. The molecule has 0 fully saturated rings. The number of hydrogen-bond donors (Lipinski definition) is 0. The SMILES string of the molecule is C=Cc1cc(C(C)=NC(=NC(=C)c2ccc(C(C)(C)C)cc2)c2ccc(C(C)(C)C)cc2)cc(-n2c3ccccc3c3ccccc32)c1. The van der Waals surface area contributed by atoms with Crippen LogP contribution in [0.5, 0.6) is 0 Å². The molecule has 0 aliphatic carbocycles. The predicted molar refractivity (Wildman–Crippen MR) is 209 cm³/mol.